The highest BCUT2D eigenvalue weighted by molar-refractivity contribution is 8.06. The molecule has 0 saturated carbocycles. The molecular formula is C13H24N2S. The largest absolute Gasteiger partial charge is 0.326 e. The summed E-state index contributed by atoms with van der Waals surface area (Å²) in [6.45, 7) is 5.53. The minimum atomic E-state index is 0.623. The lowest BCUT2D eigenvalue weighted by Gasteiger charge is -2.01. The fraction of sp³-hybridized carbons (Fsp3) is 0.538. The van der Waals surface area contributed by atoms with Gasteiger partial charge in [-0.15, -0.1) is 0 Å². The lowest BCUT2D eigenvalue weighted by atomic mass is 10.1. The fourth-order valence-corrected chi connectivity index (χ4v) is 1.07. The fourth-order valence-electron chi connectivity index (χ4n) is 1.07. The molecule has 2 nitrogen and oxygen atoms in total. The highest BCUT2D eigenvalue weighted by Gasteiger charge is 1.95. The Balaban J connectivity index is 0.000000375. The molecule has 1 aliphatic heterocycles. The Kier molecular flexibility index (Phi) is 10.6. The summed E-state index contributed by atoms with van der Waals surface area (Å²) in [5.74, 6) is 2.83. The number of benzene rings is 1. The van der Waals surface area contributed by atoms with Crippen molar-refractivity contribution in [2.24, 2.45) is 5.73 Å². The lowest BCUT2D eigenvalue weighted by molar-refractivity contribution is 0.815. The third kappa shape index (κ3) is 8.77. The monoisotopic (exact) mass is 240 g/mol. The van der Waals surface area contributed by atoms with Gasteiger partial charge in [0.1, 0.15) is 0 Å². The number of thioether (sulfide) groups is 1. The molecule has 0 aromatic heterocycles. The van der Waals surface area contributed by atoms with E-state index in [-0.39, 0.29) is 0 Å². The molecule has 2 rings (SSSR count). The molecule has 16 heavy (non-hydrogen) atoms. The summed E-state index contributed by atoms with van der Waals surface area (Å²) in [5, 5.41) is 3.09. The van der Waals surface area contributed by atoms with Crippen LogP contribution in [0.2, 0.25) is 0 Å². The van der Waals surface area contributed by atoms with E-state index in [1.165, 1.54) is 22.6 Å². The molecular weight excluding hydrogens is 216 g/mol. The molecule has 92 valence electrons. The van der Waals surface area contributed by atoms with Crippen LogP contribution in [0.1, 0.15) is 25.0 Å². The van der Waals surface area contributed by atoms with Gasteiger partial charge in [-0.25, -0.2) is 0 Å². The Morgan fingerprint density at radius 1 is 1.25 bits per heavy atom. The molecule has 3 N–H and O–H groups in total. The van der Waals surface area contributed by atoms with Gasteiger partial charge in [0.25, 0.3) is 0 Å². The smallest absolute Gasteiger partial charge is 0.0202 e. The summed E-state index contributed by atoms with van der Waals surface area (Å²) in [5.41, 5.74) is 7.97. The van der Waals surface area contributed by atoms with E-state index in [9.17, 15) is 0 Å². The van der Waals surface area contributed by atoms with Crippen molar-refractivity contribution in [3.05, 3.63) is 35.4 Å². The third-order valence-electron chi connectivity index (χ3n) is 1.81. The van der Waals surface area contributed by atoms with E-state index < -0.39 is 0 Å². The van der Waals surface area contributed by atoms with E-state index in [1.54, 1.807) is 0 Å². The summed E-state index contributed by atoms with van der Waals surface area (Å²) in [4.78, 5) is 0. The van der Waals surface area contributed by atoms with Crippen LogP contribution in [0.5, 0.6) is 0 Å². The molecule has 0 radical (unpaired) electrons. The lowest BCUT2D eigenvalue weighted by Crippen LogP contribution is -2.05. The average Bonchev–Trinajstić information content (AvgIpc) is 3.20. The molecule has 1 fully saturated rings. The number of hydrogen-bond acceptors (Lipinski definition) is 3. The molecule has 0 amide bonds. The van der Waals surface area contributed by atoms with Crippen LogP contribution in [-0.2, 0) is 13.1 Å². The van der Waals surface area contributed by atoms with Crippen LogP contribution in [0.15, 0.2) is 24.3 Å². The van der Waals surface area contributed by atoms with Gasteiger partial charge in [-0.1, -0.05) is 38.1 Å². The predicted molar refractivity (Wildman–Crippen MR) is 75.8 cm³/mol. The maximum absolute atomic E-state index is 5.49. The molecule has 0 unspecified atom stereocenters. The first-order valence-corrected chi connectivity index (χ1v) is 7.02. The Labute approximate surface area is 104 Å². The Morgan fingerprint density at radius 2 is 1.81 bits per heavy atom. The van der Waals surface area contributed by atoms with Crippen molar-refractivity contribution in [2.45, 2.75) is 26.9 Å². The van der Waals surface area contributed by atoms with Crippen molar-refractivity contribution in [3.8, 4) is 0 Å². The first kappa shape index (κ1) is 15.5. The van der Waals surface area contributed by atoms with E-state index in [0.717, 1.165) is 6.54 Å². The van der Waals surface area contributed by atoms with Gasteiger partial charge in [-0.3, -0.25) is 0 Å². The van der Waals surface area contributed by atoms with Crippen LogP contribution >= 0.6 is 11.8 Å². The minimum absolute atomic E-state index is 0.623. The summed E-state index contributed by atoms with van der Waals surface area (Å²) in [6.07, 6.45) is 0. The predicted octanol–water partition coefficient (Wildman–Crippen LogP) is 2.62. The van der Waals surface area contributed by atoms with Crippen molar-refractivity contribution in [1.29, 1.82) is 0 Å². The zero-order valence-corrected chi connectivity index (χ0v) is 11.4. The van der Waals surface area contributed by atoms with Gasteiger partial charge in [0.05, 0.1) is 0 Å². The summed E-state index contributed by atoms with van der Waals surface area (Å²) < 4.78 is 0. The van der Waals surface area contributed by atoms with Crippen LogP contribution in [-0.4, -0.2) is 18.6 Å². The van der Waals surface area contributed by atoms with Crippen LogP contribution in [0, 0.1) is 0 Å². The van der Waals surface area contributed by atoms with Gasteiger partial charge >= 0.3 is 0 Å². The number of nitrogens with one attached hydrogen (secondary N) is 1. The molecule has 1 heterocycles. The van der Waals surface area contributed by atoms with Crippen molar-refractivity contribution >= 4 is 11.8 Å². The van der Waals surface area contributed by atoms with E-state index in [0.29, 0.717) is 6.54 Å². The number of rotatable bonds is 3. The second-order valence-corrected chi connectivity index (χ2v) is 4.39. The SMILES string of the molecule is C1CS1.CC.CNCc1cccc(CN)c1. The van der Waals surface area contributed by atoms with Crippen molar-refractivity contribution in [3.63, 3.8) is 0 Å². The molecule has 1 aliphatic rings. The third-order valence-corrected chi connectivity index (χ3v) is 2.22. The highest BCUT2D eigenvalue weighted by Crippen LogP contribution is 2.14. The van der Waals surface area contributed by atoms with Gasteiger partial charge in [0, 0.05) is 24.6 Å². The van der Waals surface area contributed by atoms with E-state index in [4.69, 9.17) is 5.73 Å². The summed E-state index contributed by atoms with van der Waals surface area (Å²) in [6, 6.07) is 8.29. The zero-order chi connectivity index (χ0) is 12.2. The first-order valence-electron chi connectivity index (χ1n) is 5.87. The van der Waals surface area contributed by atoms with Crippen molar-refractivity contribution in [1.82, 2.24) is 5.32 Å². The van der Waals surface area contributed by atoms with Gasteiger partial charge in [-0.2, -0.15) is 11.8 Å². The second-order valence-electron chi connectivity index (χ2n) is 3.17. The molecule has 3 heteroatoms. The summed E-state index contributed by atoms with van der Waals surface area (Å²) in [7, 11) is 1.94. The number of nitrogens with two attached hydrogens (primary N) is 1. The van der Waals surface area contributed by atoms with Gasteiger partial charge in [0.2, 0.25) is 0 Å². The molecule has 1 aromatic carbocycles. The highest BCUT2D eigenvalue weighted by atomic mass is 32.2. The maximum atomic E-state index is 5.49. The first-order chi connectivity index (χ1) is 7.86. The molecule has 1 aromatic rings. The molecule has 0 atom stereocenters. The van der Waals surface area contributed by atoms with Crippen LogP contribution in [0.3, 0.4) is 0 Å². The molecule has 1 saturated heterocycles. The normalized spacial score (nSPS) is 11.8. The second kappa shape index (κ2) is 11.0. The van der Waals surface area contributed by atoms with E-state index in [1.807, 2.05) is 44.8 Å². The van der Waals surface area contributed by atoms with E-state index >= 15 is 0 Å². The quantitative estimate of drug-likeness (QED) is 0.798. The van der Waals surface area contributed by atoms with Gasteiger partial charge < -0.3 is 11.1 Å². The van der Waals surface area contributed by atoms with Crippen LogP contribution < -0.4 is 11.1 Å². The molecule has 0 aliphatic carbocycles. The maximum Gasteiger partial charge on any atom is 0.0202 e. The minimum Gasteiger partial charge on any atom is -0.326 e. The topological polar surface area (TPSA) is 38.0 Å². The average molecular weight is 240 g/mol. The van der Waals surface area contributed by atoms with Crippen molar-refractivity contribution in [2.75, 3.05) is 18.6 Å². The Morgan fingerprint density at radius 3 is 2.25 bits per heavy atom. The van der Waals surface area contributed by atoms with Gasteiger partial charge in [-0.05, 0) is 18.2 Å². The van der Waals surface area contributed by atoms with Crippen LogP contribution in [0.25, 0.3) is 0 Å². The molecule has 0 spiro atoms. The Hall–Kier alpha value is -0.510. The van der Waals surface area contributed by atoms with Crippen molar-refractivity contribution < 1.29 is 0 Å². The summed E-state index contributed by atoms with van der Waals surface area (Å²) >= 11 is 2.00. The zero-order valence-electron chi connectivity index (χ0n) is 10.6. The Bertz CT molecular complexity index is 259. The number of hydrogen-bond donors (Lipinski definition) is 2. The standard InChI is InChI=1S/C9H14N2.C2H4S.C2H6/c1-11-7-9-4-2-3-8(5-9)6-10;1-2-3-1;1-2/h2-5,11H,6-7,10H2,1H3;1-2H2;1-2H3. The van der Waals surface area contributed by atoms with Crippen LogP contribution in [0.4, 0.5) is 0 Å². The van der Waals surface area contributed by atoms with Gasteiger partial charge in [0.15, 0.2) is 0 Å². The van der Waals surface area contributed by atoms with E-state index in [2.05, 4.69) is 17.4 Å². The molecule has 0 bridgehead atoms.